The minimum absolute atomic E-state index is 0.170. The fourth-order valence-electron chi connectivity index (χ4n) is 4.85. The third kappa shape index (κ3) is 7.64. The first-order valence-corrected chi connectivity index (χ1v) is 18.2. The summed E-state index contributed by atoms with van der Waals surface area (Å²) in [7, 11) is -13.5. The lowest BCUT2D eigenvalue weighted by Gasteiger charge is -2.30. The predicted molar refractivity (Wildman–Crippen MR) is 159 cm³/mol. The first kappa shape index (κ1) is 33.6. The van der Waals surface area contributed by atoms with Crippen LogP contribution in [0.3, 0.4) is 0 Å². The number of rotatable bonds is 11. The number of benzene rings is 3. The highest BCUT2D eigenvalue weighted by Crippen LogP contribution is 2.42. The predicted octanol–water partition coefficient (Wildman–Crippen LogP) is 3.74. The average Bonchev–Trinajstić information content (AvgIpc) is 3.43. The zero-order chi connectivity index (χ0) is 32.8. The fourth-order valence-corrected chi connectivity index (χ4v) is 7.93. The zero-order valence-electron chi connectivity index (χ0n) is 25.1. The van der Waals surface area contributed by atoms with Crippen molar-refractivity contribution in [3.8, 4) is 0 Å². The van der Waals surface area contributed by atoms with E-state index in [-0.39, 0.29) is 14.7 Å². The summed E-state index contributed by atoms with van der Waals surface area (Å²) in [6.45, 7) is 7.62. The molecule has 0 aromatic heterocycles. The van der Waals surface area contributed by atoms with E-state index in [0.29, 0.717) is 0 Å². The Kier molecular flexibility index (Phi) is 9.32. The lowest BCUT2D eigenvalue weighted by Crippen LogP contribution is -2.47. The molecular weight excluding hydrogens is 649 g/mol. The zero-order valence-corrected chi connectivity index (χ0v) is 27.6. The molecule has 0 radical (unpaired) electrons. The van der Waals surface area contributed by atoms with Crippen molar-refractivity contribution in [3.63, 3.8) is 0 Å². The van der Waals surface area contributed by atoms with Crippen LogP contribution in [0.2, 0.25) is 0 Å². The lowest BCUT2D eigenvalue weighted by atomic mass is 10.1. The number of fused-ring (bicyclic) bond motifs is 1. The maximum absolute atomic E-state index is 13.4. The van der Waals surface area contributed by atoms with Gasteiger partial charge in [0.2, 0.25) is 0 Å². The second kappa shape index (κ2) is 12.5. The van der Waals surface area contributed by atoms with E-state index in [2.05, 4.69) is 0 Å². The quantitative estimate of drug-likeness (QED) is 0.270. The Morgan fingerprint density at radius 3 is 1.60 bits per heavy atom. The van der Waals surface area contributed by atoms with Gasteiger partial charge in [-0.1, -0.05) is 53.1 Å². The van der Waals surface area contributed by atoms with Gasteiger partial charge in [-0.05, 0) is 71.0 Å². The molecule has 2 saturated heterocycles. The molecule has 2 aliphatic heterocycles. The van der Waals surface area contributed by atoms with Gasteiger partial charge in [-0.3, -0.25) is 12.5 Å². The van der Waals surface area contributed by atoms with Gasteiger partial charge in [0.15, 0.2) is 12.1 Å². The van der Waals surface area contributed by atoms with Crippen LogP contribution in [0.1, 0.15) is 30.5 Å². The van der Waals surface area contributed by atoms with Gasteiger partial charge in [-0.25, -0.2) is 0 Å². The monoisotopic (exact) mass is 682 g/mol. The molecule has 0 unspecified atom stereocenters. The summed E-state index contributed by atoms with van der Waals surface area (Å²) in [5.74, 6) is -1.20. The first-order valence-electron chi connectivity index (χ1n) is 13.9. The SMILES string of the molecule is Cc1ccc(S(=O)(=O)OC[C@@H](OS(=O)(=O)c2ccc(C)cc2)[C@H]2O[C@H]3OC(C)(C)O[C@@H]3[C@H]2OS(=O)(=O)c2ccc(C)cc2)cc1. The van der Waals surface area contributed by atoms with E-state index in [1.54, 1.807) is 71.0 Å². The van der Waals surface area contributed by atoms with E-state index >= 15 is 0 Å². The molecule has 0 bridgehead atoms. The van der Waals surface area contributed by atoms with Crippen LogP contribution >= 0.6 is 0 Å². The van der Waals surface area contributed by atoms with Crippen LogP contribution in [-0.4, -0.2) is 68.4 Å². The molecule has 0 amide bonds. The molecule has 12 nitrogen and oxygen atoms in total. The molecular formula is C30H34O12S3. The Hall–Kier alpha value is -2.73. The molecule has 3 aromatic carbocycles. The average molecular weight is 683 g/mol. The van der Waals surface area contributed by atoms with Gasteiger partial charge in [0.25, 0.3) is 30.4 Å². The van der Waals surface area contributed by atoms with E-state index in [4.69, 9.17) is 26.8 Å². The smallest absolute Gasteiger partial charge is 0.297 e. The second-order valence-electron chi connectivity index (χ2n) is 11.4. The number of ether oxygens (including phenoxy) is 3. The van der Waals surface area contributed by atoms with Crippen molar-refractivity contribution in [2.45, 2.75) is 85.8 Å². The molecule has 5 atom stereocenters. The van der Waals surface area contributed by atoms with Gasteiger partial charge < -0.3 is 14.2 Å². The molecule has 15 heteroatoms. The van der Waals surface area contributed by atoms with Crippen LogP contribution in [-0.2, 0) is 57.1 Å². The van der Waals surface area contributed by atoms with Gasteiger partial charge in [-0.2, -0.15) is 25.3 Å². The van der Waals surface area contributed by atoms with Gasteiger partial charge in [-0.15, -0.1) is 0 Å². The Morgan fingerprint density at radius 2 is 1.11 bits per heavy atom. The summed E-state index contributed by atoms with van der Waals surface area (Å²) in [5.41, 5.74) is 2.41. The third-order valence-electron chi connectivity index (χ3n) is 7.20. The van der Waals surface area contributed by atoms with Gasteiger partial charge in [0.1, 0.15) is 24.4 Å². The van der Waals surface area contributed by atoms with E-state index in [0.717, 1.165) is 16.7 Å². The molecule has 5 rings (SSSR count). The summed E-state index contributed by atoms with van der Waals surface area (Å²) >= 11 is 0. The topological polar surface area (TPSA) is 158 Å². The maximum Gasteiger partial charge on any atom is 0.297 e. The van der Waals surface area contributed by atoms with Crippen molar-refractivity contribution in [2.75, 3.05) is 6.61 Å². The Morgan fingerprint density at radius 1 is 0.667 bits per heavy atom. The van der Waals surface area contributed by atoms with Crippen LogP contribution in [0.25, 0.3) is 0 Å². The lowest BCUT2D eigenvalue weighted by molar-refractivity contribution is -0.223. The third-order valence-corrected chi connectivity index (χ3v) is 11.2. The molecule has 244 valence electrons. The summed E-state index contributed by atoms with van der Waals surface area (Å²) < 4.78 is 114. The molecule has 45 heavy (non-hydrogen) atoms. The van der Waals surface area contributed by atoms with Gasteiger partial charge in [0.05, 0.1) is 21.3 Å². The second-order valence-corrected chi connectivity index (χ2v) is 16.1. The normalized spacial score (nSPS) is 23.9. The molecule has 2 heterocycles. The number of hydrogen-bond donors (Lipinski definition) is 0. The van der Waals surface area contributed by atoms with Crippen molar-refractivity contribution in [1.82, 2.24) is 0 Å². The van der Waals surface area contributed by atoms with Crippen LogP contribution in [0.15, 0.2) is 87.5 Å². The number of hydrogen-bond acceptors (Lipinski definition) is 12. The molecule has 0 aliphatic carbocycles. The van der Waals surface area contributed by atoms with Gasteiger partial charge in [0, 0.05) is 0 Å². The van der Waals surface area contributed by atoms with Crippen LogP contribution in [0, 0.1) is 20.8 Å². The standard InChI is InChI=1S/C30H34O12S3/c1-19-6-12-22(13-7-19)43(31,32)37-18-25(41-44(33,34)23-14-8-20(2)9-15-23)26-27(28-29(38-26)40-30(4,5)39-28)42-45(35,36)24-16-10-21(3)11-17-24/h6-17,25-29H,18H2,1-5H3/t25-,26-,27+,28-,29+/m1/s1. The van der Waals surface area contributed by atoms with Crippen molar-refractivity contribution < 1.29 is 52.0 Å². The minimum atomic E-state index is -4.56. The Bertz CT molecular complexity index is 1840. The van der Waals surface area contributed by atoms with Crippen molar-refractivity contribution in [3.05, 3.63) is 89.5 Å². The van der Waals surface area contributed by atoms with E-state index in [9.17, 15) is 25.3 Å². The molecule has 2 aliphatic rings. The highest BCUT2D eigenvalue weighted by atomic mass is 32.2. The molecule has 0 N–H and O–H groups in total. The Balaban J connectivity index is 1.51. The van der Waals surface area contributed by atoms with E-state index in [1.807, 2.05) is 0 Å². The summed E-state index contributed by atoms with van der Waals surface area (Å²) in [6, 6.07) is 17.5. The highest BCUT2D eigenvalue weighted by molar-refractivity contribution is 7.87. The summed E-state index contributed by atoms with van der Waals surface area (Å²) in [5, 5.41) is 0. The van der Waals surface area contributed by atoms with Crippen LogP contribution in [0.5, 0.6) is 0 Å². The minimum Gasteiger partial charge on any atom is -0.341 e. The van der Waals surface area contributed by atoms with Crippen molar-refractivity contribution in [2.24, 2.45) is 0 Å². The van der Waals surface area contributed by atoms with Crippen LogP contribution in [0.4, 0.5) is 0 Å². The van der Waals surface area contributed by atoms with Crippen molar-refractivity contribution in [1.29, 1.82) is 0 Å². The van der Waals surface area contributed by atoms with Crippen LogP contribution < -0.4 is 0 Å². The Labute approximate surface area is 263 Å². The summed E-state index contributed by atoms with van der Waals surface area (Å²) in [6.07, 6.45) is -7.19. The molecule has 3 aromatic rings. The maximum atomic E-state index is 13.4. The van der Waals surface area contributed by atoms with E-state index in [1.165, 1.54) is 36.4 Å². The molecule has 2 fully saturated rings. The molecule has 0 saturated carbocycles. The molecule has 0 spiro atoms. The summed E-state index contributed by atoms with van der Waals surface area (Å²) in [4.78, 5) is -0.576. The number of aryl methyl sites for hydroxylation is 3. The van der Waals surface area contributed by atoms with E-state index < -0.39 is 73.5 Å². The van der Waals surface area contributed by atoms with Gasteiger partial charge >= 0.3 is 0 Å². The highest BCUT2D eigenvalue weighted by Gasteiger charge is 2.59. The fraction of sp³-hybridized carbons (Fsp3) is 0.400. The largest absolute Gasteiger partial charge is 0.341 e. The van der Waals surface area contributed by atoms with Crippen molar-refractivity contribution >= 4 is 30.4 Å². The first-order chi connectivity index (χ1) is 21.0.